The lowest BCUT2D eigenvalue weighted by atomic mass is 9.73. The van der Waals surface area contributed by atoms with E-state index in [1.807, 2.05) is 25.3 Å². The van der Waals surface area contributed by atoms with E-state index in [4.69, 9.17) is 10.4 Å². The lowest BCUT2D eigenvalue weighted by Gasteiger charge is -2.46. The molecule has 1 saturated heterocycles. The highest BCUT2D eigenvalue weighted by Gasteiger charge is 2.38. The second-order valence-corrected chi connectivity index (χ2v) is 11.3. The minimum Gasteiger partial charge on any atom is -0.307 e. The minimum absolute atomic E-state index is 0.0399. The first kappa shape index (κ1) is 24.3. The van der Waals surface area contributed by atoms with Gasteiger partial charge in [-0.25, -0.2) is 4.98 Å². The number of hydrogen-bond acceptors (Lipinski definition) is 4. The Bertz CT molecular complexity index is 1260. The summed E-state index contributed by atoms with van der Waals surface area (Å²) < 4.78 is 1.71. The molecule has 0 unspecified atom stereocenters. The van der Waals surface area contributed by atoms with Gasteiger partial charge in [0, 0.05) is 28.9 Å². The molecule has 180 valence electrons. The first-order valence-corrected chi connectivity index (χ1v) is 12.5. The summed E-state index contributed by atoms with van der Waals surface area (Å²) >= 11 is 0. The van der Waals surface area contributed by atoms with Crippen LogP contribution in [-0.4, -0.2) is 26.2 Å². The van der Waals surface area contributed by atoms with Gasteiger partial charge in [-0.3, -0.25) is 9.20 Å². The third-order valence-corrected chi connectivity index (χ3v) is 6.90. The molecular weight excluding hydrogens is 420 g/mol. The summed E-state index contributed by atoms with van der Waals surface area (Å²) in [5, 5.41) is 12.0. The molecule has 2 N–H and O–H groups in total. The summed E-state index contributed by atoms with van der Waals surface area (Å²) in [4.78, 5) is 18.1. The quantitative estimate of drug-likeness (QED) is 0.531. The minimum atomic E-state index is -0.0659. The molecular formula is C29H38N4O. The molecule has 0 amide bonds. The first-order chi connectivity index (χ1) is 16.0. The Labute approximate surface area is 203 Å². The van der Waals surface area contributed by atoms with Gasteiger partial charge in [0.05, 0.1) is 11.4 Å². The molecule has 4 rings (SSSR count). The fourth-order valence-electron chi connectivity index (χ4n) is 5.68. The molecule has 0 aromatic carbocycles. The van der Waals surface area contributed by atoms with E-state index in [0.29, 0.717) is 23.0 Å². The van der Waals surface area contributed by atoms with Crippen LogP contribution >= 0.6 is 0 Å². The van der Waals surface area contributed by atoms with Crippen LogP contribution in [0.25, 0.3) is 11.2 Å². The number of pyridine rings is 1. The maximum atomic E-state index is 13.2. The Morgan fingerprint density at radius 3 is 2.56 bits per heavy atom. The Kier molecular flexibility index (Phi) is 6.52. The van der Waals surface area contributed by atoms with E-state index in [9.17, 15) is 4.79 Å². The number of piperidine rings is 1. The summed E-state index contributed by atoms with van der Waals surface area (Å²) in [6, 6.07) is 3.84. The monoisotopic (exact) mass is 458 g/mol. The highest BCUT2D eigenvalue weighted by Crippen LogP contribution is 2.39. The van der Waals surface area contributed by atoms with Crippen LogP contribution in [0.5, 0.6) is 0 Å². The van der Waals surface area contributed by atoms with Gasteiger partial charge >= 0.3 is 0 Å². The second kappa shape index (κ2) is 9.10. The molecule has 0 atom stereocenters. The van der Waals surface area contributed by atoms with Gasteiger partial charge in [0.15, 0.2) is 0 Å². The topological polar surface area (TPSA) is 70.2 Å². The van der Waals surface area contributed by atoms with E-state index in [-0.39, 0.29) is 16.6 Å². The highest BCUT2D eigenvalue weighted by atomic mass is 16.1. The molecule has 3 heterocycles. The van der Waals surface area contributed by atoms with E-state index in [0.717, 1.165) is 48.8 Å². The van der Waals surface area contributed by atoms with Gasteiger partial charge in [0.2, 0.25) is 0 Å². The zero-order valence-corrected chi connectivity index (χ0v) is 21.5. The average molecular weight is 459 g/mol. The zero-order valence-electron chi connectivity index (χ0n) is 21.5. The van der Waals surface area contributed by atoms with Crippen molar-refractivity contribution in [1.29, 1.82) is 5.41 Å². The first-order valence-electron chi connectivity index (χ1n) is 12.5. The predicted octanol–water partition coefficient (Wildman–Crippen LogP) is 6.12. The van der Waals surface area contributed by atoms with E-state index in [1.165, 1.54) is 5.56 Å². The smallest absolute Gasteiger partial charge is 0.258 e. The fourth-order valence-corrected chi connectivity index (χ4v) is 5.68. The van der Waals surface area contributed by atoms with Crippen LogP contribution in [0.1, 0.15) is 89.5 Å². The molecule has 1 fully saturated rings. The molecule has 1 aliphatic carbocycles. The number of unbranched alkanes of at least 4 members (excludes halogenated alkanes) is 2. The Morgan fingerprint density at radius 2 is 1.88 bits per heavy atom. The summed E-state index contributed by atoms with van der Waals surface area (Å²) in [5.74, 6) is 0.381. The second-order valence-electron chi connectivity index (χ2n) is 11.3. The van der Waals surface area contributed by atoms with Gasteiger partial charge in [-0.15, -0.1) is 0 Å². The maximum absolute atomic E-state index is 13.2. The summed E-state index contributed by atoms with van der Waals surface area (Å²) in [6.07, 6.45) is 15.0. The molecule has 2 aromatic rings. The number of aryl methyl sites for hydroxylation is 1. The van der Waals surface area contributed by atoms with Crippen LogP contribution in [-0.2, 0) is 0 Å². The normalized spacial score (nSPS) is 21.3. The fraction of sp³-hybridized carbons (Fsp3) is 0.483. The molecule has 0 spiro atoms. The van der Waals surface area contributed by atoms with E-state index in [2.05, 4.69) is 52.1 Å². The van der Waals surface area contributed by atoms with E-state index < -0.39 is 0 Å². The van der Waals surface area contributed by atoms with Crippen LogP contribution in [0.4, 0.5) is 0 Å². The molecule has 34 heavy (non-hydrogen) atoms. The van der Waals surface area contributed by atoms with Gasteiger partial charge < -0.3 is 10.7 Å². The van der Waals surface area contributed by atoms with Crippen LogP contribution in [0, 0.1) is 12.3 Å². The van der Waals surface area contributed by atoms with Gasteiger partial charge in [-0.05, 0) is 88.7 Å². The number of allylic oxidation sites excluding steroid dienone is 6. The maximum Gasteiger partial charge on any atom is 0.258 e. The van der Waals surface area contributed by atoms with Crippen LogP contribution < -0.4 is 10.9 Å². The van der Waals surface area contributed by atoms with Gasteiger partial charge in [-0.1, -0.05) is 38.0 Å². The van der Waals surface area contributed by atoms with Crippen molar-refractivity contribution < 1.29 is 0 Å². The largest absolute Gasteiger partial charge is 0.307 e. The zero-order chi connectivity index (χ0) is 24.7. The molecule has 2 aliphatic rings. The Hall–Kier alpha value is -2.79. The number of hydrogen-bond donors (Lipinski definition) is 2. The van der Waals surface area contributed by atoms with Crippen molar-refractivity contribution in [3.8, 4) is 0 Å². The van der Waals surface area contributed by atoms with Crippen LogP contribution in [0.3, 0.4) is 0 Å². The molecule has 5 nitrogen and oxygen atoms in total. The standard InChI is InChI=1S/C29H38N4O/c1-7-8-9-10-20-14-21(11-12-24(20)30)25-15-26(34)33-18-22(13-19(2)27(33)31-25)23-16-28(3,4)32-29(5,6)17-23/h10-15,18,23,30,32H,7-9,16-17H2,1-6H3/b20-10-,30-24?. The molecule has 2 aromatic heterocycles. The SMILES string of the molecule is CCCC/C=C1/C=C(c2cc(=O)n3cc(C4CC(C)(C)NC(C)(C)C4)cc(C)c3n2)C=CC1=N. The lowest BCUT2D eigenvalue weighted by molar-refractivity contribution is 0.161. The highest BCUT2D eigenvalue weighted by molar-refractivity contribution is 6.12. The van der Waals surface area contributed by atoms with E-state index >= 15 is 0 Å². The van der Waals surface area contributed by atoms with Crippen molar-refractivity contribution in [2.75, 3.05) is 0 Å². The van der Waals surface area contributed by atoms with Crippen molar-refractivity contribution in [2.45, 2.75) is 90.6 Å². The summed E-state index contributed by atoms with van der Waals surface area (Å²) in [6.45, 7) is 13.2. The predicted molar refractivity (Wildman–Crippen MR) is 142 cm³/mol. The van der Waals surface area contributed by atoms with Crippen molar-refractivity contribution in [3.05, 3.63) is 75.4 Å². The molecule has 5 heteroatoms. The van der Waals surface area contributed by atoms with Gasteiger partial charge in [0.25, 0.3) is 5.56 Å². The molecule has 0 saturated carbocycles. The molecule has 0 bridgehead atoms. The summed E-state index contributed by atoms with van der Waals surface area (Å²) in [7, 11) is 0. The van der Waals surface area contributed by atoms with Gasteiger partial charge in [-0.2, -0.15) is 0 Å². The van der Waals surface area contributed by atoms with Gasteiger partial charge in [0.1, 0.15) is 5.65 Å². The molecule has 0 radical (unpaired) electrons. The Balaban J connectivity index is 1.73. The number of fused-ring (bicyclic) bond motifs is 1. The third kappa shape index (κ3) is 5.15. The number of nitrogens with one attached hydrogen (secondary N) is 2. The van der Waals surface area contributed by atoms with Crippen molar-refractivity contribution in [3.63, 3.8) is 0 Å². The van der Waals surface area contributed by atoms with E-state index in [1.54, 1.807) is 16.5 Å². The van der Waals surface area contributed by atoms with Crippen molar-refractivity contribution in [2.24, 2.45) is 0 Å². The van der Waals surface area contributed by atoms with Crippen molar-refractivity contribution in [1.82, 2.24) is 14.7 Å². The van der Waals surface area contributed by atoms with Crippen LogP contribution in [0.2, 0.25) is 0 Å². The average Bonchev–Trinajstić information content (AvgIpc) is 2.73. The van der Waals surface area contributed by atoms with Crippen LogP contribution in [0.15, 0.2) is 53.0 Å². The number of rotatable bonds is 5. The Morgan fingerprint density at radius 1 is 1.18 bits per heavy atom. The lowest BCUT2D eigenvalue weighted by Crippen LogP contribution is -2.57. The number of aromatic nitrogens is 2. The third-order valence-electron chi connectivity index (χ3n) is 6.90. The van der Waals surface area contributed by atoms with Crippen molar-refractivity contribution >= 4 is 16.9 Å². The number of nitrogens with zero attached hydrogens (tertiary/aromatic N) is 2. The molecule has 1 aliphatic heterocycles. The summed E-state index contributed by atoms with van der Waals surface area (Å²) in [5.41, 5.74) is 5.87.